The van der Waals surface area contributed by atoms with Crippen molar-refractivity contribution in [2.75, 3.05) is 67.2 Å². The molecule has 0 radical (unpaired) electrons. The molecule has 2 saturated heterocycles. The molecule has 2 aromatic heterocycles. The van der Waals surface area contributed by atoms with E-state index in [1.807, 2.05) is 18.2 Å². The molecule has 0 saturated carbocycles. The van der Waals surface area contributed by atoms with Gasteiger partial charge in [0.25, 0.3) is 0 Å². The van der Waals surface area contributed by atoms with Gasteiger partial charge >= 0.3 is 0 Å². The highest BCUT2D eigenvalue weighted by molar-refractivity contribution is 5.66. The highest BCUT2D eigenvalue weighted by atomic mass is 19.1. The Bertz CT molecular complexity index is 1020. The third-order valence-electron chi connectivity index (χ3n) is 5.58. The van der Waals surface area contributed by atoms with Crippen LogP contribution in [0, 0.1) is 5.82 Å². The molecule has 2 fully saturated rings. The molecule has 0 spiro atoms. The maximum Gasteiger partial charge on any atom is 0.228 e. The summed E-state index contributed by atoms with van der Waals surface area (Å²) in [7, 11) is 0. The van der Waals surface area contributed by atoms with E-state index in [1.165, 1.54) is 6.07 Å². The topological polar surface area (TPSA) is 70.5 Å². The highest BCUT2D eigenvalue weighted by Gasteiger charge is 2.23. The Labute approximate surface area is 180 Å². The van der Waals surface area contributed by atoms with Gasteiger partial charge in [0.05, 0.1) is 18.9 Å². The summed E-state index contributed by atoms with van der Waals surface area (Å²) in [6, 6.07) is 10.4. The van der Waals surface area contributed by atoms with E-state index in [-0.39, 0.29) is 5.82 Å². The fourth-order valence-electron chi connectivity index (χ4n) is 3.89. The van der Waals surface area contributed by atoms with Crippen LogP contribution in [0.1, 0.15) is 0 Å². The van der Waals surface area contributed by atoms with E-state index in [0.717, 1.165) is 51.0 Å². The maximum absolute atomic E-state index is 14.5. The molecule has 0 unspecified atom stereocenters. The van der Waals surface area contributed by atoms with Crippen molar-refractivity contribution in [1.29, 1.82) is 0 Å². The molecule has 160 valence electrons. The molecule has 3 aromatic rings. The number of hydrogen-bond donors (Lipinski definition) is 0. The van der Waals surface area contributed by atoms with Gasteiger partial charge in [-0.05, 0) is 18.2 Å². The Balaban J connectivity index is 1.43. The first kappa shape index (κ1) is 19.6. The zero-order chi connectivity index (χ0) is 21.0. The number of benzene rings is 1. The Hall–Kier alpha value is -3.33. The molecular weight excluding hydrogens is 397 g/mol. The quantitative estimate of drug-likeness (QED) is 0.635. The van der Waals surface area contributed by atoms with Crippen LogP contribution in [-0.4, -0.2) is 72.4 Å². The first-order valence-corrected chi connectivity index (χ1v) is 10.5. The van der Waals surface area contributed by atoms with Crippen LogP contribution in [0.4, 0.5) is 22.1 Å². The van der Waals surface area contributed by atoms with Gasteiger partial charge in [-0.15, -0.1) is 0 Å². The van der Waals surface area contributed by atoms with Crippen molar-refractivity contribution < 1.29 is 9.13 Å². The first-order chi connectivity index (χ1) is 15.3. The van der Waals surface area contributed by atoms with Gasteiger partial charge in [-0.25, -0.2) is 19.3 Å². The highest BCUT2D eigenvalue weighted by Crippen LogP contribution is 2.28. The molecule has 8 nitrogen and oxygen atoms in total. The molecule has 0 atom stereocenters. The third kappa shape index (κ3) is 4.27. The van der Waals surface area contributed by atoms with Crippen molar-refractivity contribution in [3.05, 3.63) is 54.6 Å². The van der Waals surface area contributed by atoms with E-state index >= 15 is 0 Å². The number of hydrogen-bond acceptors (Lipinski definition) is 8. The minimum Gasteiger partial charge on any atom is -0.378 e. The van der Waals surface area contributed by atoms with Crippen molar-refractivity contribution in [1.82, 2.24) is 19.9 Å². The van der Waals surface area contributed by atoms with E-state index in [4.69, 9.17) is 14.7 Å². The summed E-state index contributed by atoms with van der Waals surface area (Å²) in [6.45, 7) is 5.84. The van der Waals surface area contributed by atoms with Gasteiger partial charge in [0, 0.05) is 63.3 Å². The molecule has 31 heavy (non-hydrogen) atoms. The van der Waals surface area contributed by atoms with Gasteiger partial charge in [0.1, 0.15) is 11.6 Å². The predicted molar refractivity (Wildman–Crippen MR) is 117 cm³/mol. The first-order valence-electron chi connectivity index (χ1n) is 10.5. The van der Waals surface area contributed by atoms with Gasteiger partial charge in [0.2, 0.25) is 11.9 Å². The molecule has 1 aromatic carbocycles. The molecule has 4 heterocycles. The summed E-state index contributed by atoms with van der Waals surface area (Å²) >= 11 is 0. The van der Waals surface area contributed by atoms with E-state index in [2.05, 4.69) is 24.7 Å². The predicted octanol–water partition coefficient (Wildman–Crippen LogP) is 2.24. The smallest absolute Gasteiger partial charge is 0.228 e. The number of piperazine rings is 1. The van der Waals surface area contributed by atoms with Crippen molar-refractivity contribution in [2.24, 2.45) is 0 Å². The molecular formula is C22H24FN7O. The Morgan fingerprint density at radius 2 is 1.42 bits per heavy atom. The van der Waals surface area contributed by atoms with Crippen LogP contribution in [0.2, 0.25) is 0 Å². The monoisotopic (exact) mass is 421 g/mol. The summed E-state index contributed by atoms with van der Waals surface area (Å²) < 4.78 is 20.0. The van der Waals surface area contributed by atoms with Gasteiger partial charge in [-0.3, -0.25) is 0 Å². The van der Waals surface area contributed by atoms with Gasteiger partial charge in [-0.2, -0.15) is 4.98 Å². The fraction of sp³-hybridized carbons (Fsp3) is 0.364. The van der Waals surface area contributed by atoms with Crippen LogP contribution >= 0.6 is 0 Å². The Morgan fingerprint density at radius 3 is 2.13 bits per heavy atom. The van der Waals surface area contributed by atoms with Crippen LogP contribution in [0.5, 0.6) is 0 Å². The number of aromatic nitrogens is 4. The molecule has 2 aliphatic heterocycles. The standard InChI is InChI=1S/C22H24FN7O/c23-18-5-2-1-4-17(18)19-16-20(28-12-14-31-15-13-28)27-22(26-19)30-10-8-29(9-11-30)21-24-6-3-7-25-21/h1-7,16H,8-15H2. The maximum atomic E-state index is 14.5. The summed E-state index contributed by atoms with van der Waals surface area (Å²) in [5.74, 6) is 1.87. The number of rotatable bonds is 4. The molecule has 0 bridgehead atoms. The lowest BCUT2D eigenvalue weighted by Crippen LogP contribution is -2.48. The fourth-order valence-corrected chi connectivity index (χ4v) is 3.89. The zero-order valence-corrected chi connectivity index (χ0v) is 17.2. The molecule has 5 rings (SSSR count). The lowest BCUT2D eigenvalue weighted by atomic mass is 10.1. The zero-order valence-electron chi connectivity index (χ0n) is 17.2. The molecule has 0 N–H and O–H groups in total. The van der Waals surface area contributed by atoms with Crippen LogP contribution < -0.4 is 14.7 Å². The molecule has 0 aliphatic carbocycles. The molecule has 9 heteroatoms. The summed E-state index contributed by atoms with van der Waals surface area (Å²) in [5, 5.41) is 0. The molecule has 2 aliphatic rings. The van der Waals surface area contributed by atoms with Gasteiger partial charge in [0.15, 0.2) is 0 Å². The second-order valence-corrected chi connectivity index (χ2v) is 7.51. The minimum absolute atomic E-state index is 0.286. The number of halogens is 1. The number of nitrogens with zero attached hydrogens (tertiary/aromatic N) is 7. The van der Waals surface area contributed by atoms with E-state index in [1.54, 1.807) is 24.5 Å². The van der Waals surface area contributed by atoms with E-state index in [9.17, 15) is 4.39 Å². The lowest BCUT2D eigenvalue weighted by molar-refractivity contribution is 0.122. The normalized spacial score (nSPS) is 17.1. The second-order valence-electron chi connectivity index (χ2n) is 7.51. The van der Waals surface area contributed by atoms with Crippen molar-refractivity contribution in [2.45, 2.75) is 0 Å². The largest absolute Gasteiger partial charge is 0.378 e. The second kappa shape index (κ2) is 8.81. The third-order valence-corrected chi connectivity index (χ3v) is 5.58. The summed E-state index contributed by atoms with van der Waals surface area (Å²) in [4.78, 5) is 24.8. The van der Waals surface area contributed by atoms with Crippen LogP contribution in [0.25, 0.3) is 11.3 Å². The van der Waals surface area contributed by atoms with Crippen LogP contribution in [-0.2, 0) is 4.74 Å². The summed E-state index contributed by atoms with van der Waals surface area (Å²) in [5.41, 5.74) is 1.08. The van der Waals surface area contributed by atoms with Gasteiger partial charge < -0.3 is 19.4 Å². The van der Waals surface area contributed by atoms with E-state index in [0.29, 0.717) is 30.4 Å². The Morgan fingerprint density at radius 1 is 0.742 bits per heavy atom. The average Bonchev–Trinajstić information content (AvgIpc) is 2.85. The van der Waals surface area contributed by atoms with Crippen LogP contribution in [0.3, 0.4) is 0 Å². The SMILES string of the molecule is Fc1ccccc1-c1cc(N2CCOCC2)nc(N2CCN(c3ncccn3)CC2)n1. The average molecular weight is 421 g/mol. The van der Waals surface area contributed by atoms with Crippen molar-refractivity contribution >= 4 is 17.7 Å². The minimum atomic E-state index is -0.286. The number of morpholine rings is 1. The van der Waals surface area contributed by atoms with Crippen molar-refractivity contribution in [3.63, 3.8) is 0 Å². The summed E-state index contributed by atoms with van der Waals surface area (Å²) in [6.07, 6.45) is 3.51. The number of ether oxygens (including phenoxy) is 1. The lowest BCUT2D eigenvalue weighted by Gasteiger charge is -2.35. The van der Waals surface area contributed by atoms with Crippen LogP contribution in [0.15, 0.2) is 48.8 Å². The number of anilines is 3. The Kier molecular flexibility index (Phi) is 5.57. The van der Waals surface area contributed by atoms with Crippen molar-refractivity contribution in [3.8, 4) is 11.3 Å². The van der Waals surface area contributed by atoms with Gasteiger partial charge in [-0.1, -0.05) is 12.1 Å². The van der Waals surface area contributed by atoms with E-state index < -0.39 is 0 Å². The molecule has 0 amide bonds.